The highest BCUT2D eigenvalue weighted by molar-refractivity contribution is 9.10. The van der Waals surface area contributed by atoms with Gasteiger partial charge in [-0.25, -0.2) is 4.68 Å². The zero-order chi connectivity index (χ0) is 15.8. The van der Waals surface area contributed by atoms with E-state index >= 15 is 0 Å². The monoisotopic (exact) mass is 395 g/mol. The maximum Gasteiger partial charge on any atom is 0.289 e. The quantitative estimate of drug-likeness (QED) is 0.623. The van der Waals surface area contributed by atoms with Gasteiger partial charge >= 0.3 is 0 Å². The summed E-state index contributed by atoms with van der Waals surface area (Å²) in [6, 6.07) is 3.57. The number of nitro groups is 1. The van der Waals surface area contributed by atoms with Crippen LogP contribution in [0.15, 0.2) is 27.8 Å². The molecular formula is C9H7BrClN5O4S. The summed E-state index contributed by atoms with van der Waals surface area (Å²) in [5.41, 5.74) is -0.404. The summed E-state index contributed by atoms with van der Waals surface area (Å²) in [5, 5.41) is 17.6. The van der Waals surface area contributed by atoms with Crippen LogP contribution in [0, 0.1) is 10.1 Å². The van der Waals surface area contributed by atoms with E-state index in [2.05, 4.69) is 31.0 Å². The Labute approximate surface area is 132 Å². The van der Waals surface area contributed by atoms with E-state index in [4.69, 9.17) is 11.6 Å². The molecule has 0 saturated heterocycles. The summed E-state index contributed by atoms with van der Waals surface area (Å²) in [5.74, 6) is 0. The third kappa shape index (κ3) is 3.14. The first kappa shape index (κ1) is 15.7. The fraction of sp³-hybridized carbons (Fsp3) is 0.111. The Morgan fingerprint density at radius 3 is 2.67 bits per heavy atom. The van der Waals surface area contributed by atoms with Crippen LogP contribution in [-0.4, -0.2) is 28.3 Å². The molecule has 0 aliphatic carbocycles. The van der Waals surface area contributed by atoms with Crippen molar-refractivity contribution in [1.29, 1.82) is 0 Å². The minimum Gasteiger partial charge on any atom is -0.278 e. The maximum atomic E-state index is 12.2. The molecule has 0 spiro atoms. The minimum atomic E-state index is -4.01. The van der Waals surface area contributed by atoms with Gasteiger partial charge in [0, 0.05) is 13.1 Å². The summed E-state index contributed by atoms with van der Waals surface area (Å²) in [6.07, 6.45) is 0. The van der Waals surface area contributed by atoms with Crippen molar-refractivity contribution in [2.45, 2.75) is 5.03 Å². The van der Waals surface area contributed by atoms with E-state index in [-0.39, 0.29) is 20.3 Å². The van der Waals surface area contributed by atoms with Crippen molar-refractivity contribution in [3.8, 4) is 0 Å². The van der Waals surface area contributed by atoms with Gasteiger partial charge in [-0.15, -0.1) is 5.10 Å². The topological polar surface area (TPSA) is 120 Å². The molecular weight excluding hydrogens is 390 g/mol. The number of aryl methyl sites for hydroxylation is 1. The number of halogens is 2. The number of hydrogen-bond acceptors (Lipinski definition) is 6. The number of rotatable bonds is 4. The number of nitrogens with zero attached hydrogens (tertiary/aromatic N) is 4. The van der Waals surface area contributed by atoms with Crippen molar-refractivity contribution in [2.24, 2.45) is 7.05 Å². The number of anilines is 1. The molecule has 1 N–H and O–H groups in total. The van der Waals surface area contributed by atoms with Crippen LogP contribution < -0.4 is 4.72 Å². The van der Waals surface area contributed by atoms with Gasteiger partial charge in [0.1, 0.15) is 5.02 Å². The van der Waals surface area contributed by atoms with E-state index < -0.39 is 20.6 Å². The van der Waals surface area contributed by atoms with Gasteiger partial charge in [-0.3, -0.25) is 14.8 Å². The molecule has 1 aromatic heterocycles. The fourth-order valence-electron chi connectivity index (χ4n) is 1.53. The van der Waals surface area contributed by atoms with E-state index in [1.807, 2.05) is 0 Å². The average molecular weight is 397 g/mol. The summed E-state index contributed by atoms with van der Waals surface area (Å²) in [7, 11) is -2.61. The first-order valence-corrected chi connectivity index (χ1v) is 7.89. The number of sulfonamides is 1. The van der Waals surface area contributed by atoms with Crippen LogP contribution in [0.5, 0.6) is 0 Å². The van der Waals surface area contributed by atoms with Crippen LogP contribution >= 0.6 is 27.5 Å². The average Bonchev–Trinajstić information content (AvgIpc) is 2.71. The predicted molar refractivity (Wildman–Crippen MR) is 77.6 cm³/mol. The van der Waals surface area contributed by atoms with Crippen LogP contribution in [0.1, 0.15) is 0 Å². The van der Waals surface area contributed by atoms with Crippen LogP contribution in [0.4, 0.5) is 11.4 Å². The summed E-state index contributed by atoms with van der Waals surface area (Å²) in [4.78, 5) is 10.1. The van der Waals surface area contributed by atoms with Crippen LogP contribution in [0.3, 0.4) is 0 Å². The molecule has 0 unspecified atom stereocenters. The molecule has 9 nitrogen and oxygen atoms in total. The third-order valence-electron chi connectivity index (χ3n) is 2.39. The Bertz CT molecular complexity index is 802. The Balaban J connectivity index is 2.42. The second-order valence-electron chi connectivity index (χ2n) is 3.84. The van der Waals surface area contributed by atoms with Gasteiger partial charge in [-0.2, -0.15) is 8.42 Å². The predicted octanol–water partition coefficient (Wildman–Crippen LogP) is 1.94. The first-order chi connectivity index (χ1) is 9.72. The normalized spacial score (nSPS) is 11.4. The summed E-state index contributed by atoms with van der Waals surface area (Å²) in [6.45, 7) is 0. The Morgan fingerprint density at radius 2 is 2.14 bits per heavy atom. The molecule has 112 valence electrons. The molecule has 0 atom stereocenters. The molecule has 1 aromatic carbocycles. The standard InChI is InChI=1S/C9H7BrClN5O4S/c1-15-9(8(10)12-14-15)21(19,20)13-5-2-3-6(11)7(4-5)16(17)18/h2-4,13H,1H3. The van der Waals surface area contributed by atoms with Gasteiger partial charge in [0.15, 0.2) is 4.60 Å². The van der Waals surface area contributed by atoms with Gasteiger partial charge in [-0.1, -0.05) is 16.8 Å². The maximum absolute atomic E-state index is 12.2. The van der Waals surface area contributed by atoms with Crippen molar-refractivity contribution in [3.05, 3.63) is 37.9 Å². The molecule has 0 aliphatic rings. The third-order valence-corrected chi connectivity index (χ3v) is 4.97. The molecule has 0 amide bonds. The molecule has 0 aliphatic heterocycles. The highest BCUT2D eigenvalue weighted by atomic mass is 79.9. The molecule has 0 radical (unpaired) electrons. The van der Waals surface area contributed by atoms with E-state index in [0.717, 1.165) is 10.7 Å². The molecule has 1 heterocycles. The summed E-state index contributed by atoms with van der Waals surface area (Å²) >= 11 is 8.63. The van der Waals surface area contributed by atoms with Gasteiger partial charge < -0.3 is 0 Å². The Morgan fingerprint density at radius 1 is 1.48 bits per heavy atom. The van der Waals surface area contributed by atoms with Gasteiger partial charge in [0.05, 0.1) is 10.6 Å². The number of benzene rings is 1. The lowest BCUT2D eigenvalue weighted by molar-refractivity contribution is -0.384. The second-order valence-corrected chi connectivity index (χ2v) is 6.59. The first-order valence-electron chi connectivity index (χ1n) is 5.24. The van der Waals surface area contributed by atoms with Crippen molar-refractivity contribution in [3.63, 3.8) is 0 Å². The van der Waals surface area contributed by atoms with Crippen molar-refractivity contribution in [1.82, 2.24) is 15.0 Å². The molecule has 0 bridgehead atoms. The van der Waals surface area contributed by atoms with Gasteiger partial charge in [-0.05, 0) is 28.1 Å². The highest BCUT2D eigenvalue weighted by Gasteiger charge is 2.25. The molecule has 2 rings (SSSR count). The Hall–Kier alpha value is -1.72. The lowest BCUT2D eigenvalue weighted by Gasteiger charge is -2.08. The van der Waals surface area contributed by atoms with Gasteiger partial charge in [0.25, 0.3) is 15.7 Å². The minimum absolute atomic E-state index is 0.000741. The van der Waals surface area contributed by atoms with Gasteiger partial charge in [0.2, 0.25) is 5.03 Å². The molecule has 0 saturated carbocycles. The van der Waals surface area contributed by atoms with E-state index in [0.29, 0.717) is 0 Å². The lowest BCUT2D eigenvalue weighted by Crippen LogP contribution is -2.17. The van der Waals surface area contributed by atoms with E-state index in [1.54, 1.807) is 0 Å². The lowest BCUT2D eigenvalue weighted by atomic mass is 10.3. The number of hydrogen-bond donors (Lipinski definition) is 1. The molecule has 0 fully saturated rings. The number of nitrogens with one attached hydrogen (secondary N) is 1. The van der Waals surface area contributed by atoms with E-state index in [1.165, 1.54) is 19.2 Å². The zero-order valence-corrected chi connectivity index (χ0v) is 13.5. The van der Waals surface area contributed by atoms with Crippen LogP contribution in [0.25, 0.3) is 0 Å². The Kier molecular flexibility index (Phi) is 4.16. The smallest absolute Gasteiger partial charge is 0.278 e. The van der Waals surface area contributed by atoms with Crippen LogP contribution in [0.2, 0.25) is 5.02 Å². The van der Waals surface area contributed by atoms with Crippen molar-refractivity contribution < 1.29 is 13.3 Å². The fourth-order valence-corrected chi connectivity index (χ4v) is 3.86. The van der Waals surface area contributed by atoms with Crippen LogP contribution in [-0.2, 0) is 17.1 Å². The molecule has 21 heavy (non-hydrogen) atoms. The molecule has 12 heteroatoms. The van der Waals surface area contributed by atoms with Crippen molar-refractivity contribution >= 4 is 48.9 Å². The number of nitro benzene ring substituents is 1. The second kappa shape index (κ2) is 5.58. The highest BCUT2D eigenvalue weighted by Crippen LogP contribution is 2.29. The SMILES string of the molecule is Cn1nnc(Br)c1S(=O)(=O)Nc1ccc(Cl)c([N+](=O)[O-])c1. The zero-order valence-electron chi connectivity index (χ0n) is 10.3. The largest absolute Gasteiger partial charge is 0.289 e. The number of aromatic nitrogens is 3. The summed E-state index contributed by atoms with van der Waals surface area (Å²) < 4.78 is 27.7. The van der Waals surface area contributed by atoms with E-state index in [9.17, 15) is 18.5 Å². The van der Waals surface area contributed by atoms with Crippen molar-refractivity contribution in [2.75, 3.05) is 4.72 Å². The molecule has 2 aromatic rings.